The number of carbonyl (C=O) groups excluding carboxylic acids is 2. The molecule has 0 aliphatic rings. The van der Waals surface area contributed by atoms with E-state index in [1.165, 1.54) is 31.2 Å². The molecule has 0 atom stereocenters. The Balaban J connectivity index is 1.86. The summed E-state index contributed by atoms with van der Waals surface area (Å²) in [5.74, 6) is -0.253. The zero-order valence-corrected chi connectivity index (χ0v) is 11.4. The smallest absolute Gasteiger partial charge is 0.262 e. The highest BCUT2D eigenvalue weighted by atomic mass is 19.1. The maximum atomic E-state index is 12.7. The summed E-state index contributed by atoms with van der Waals surface area (Å²) < 4.78 is 18.0. The molecule has 0 saturated heterocycles. The third kappa shape index (κ3) is 4.42. The summed E-state index contributed by atoms with van der Waals surface area (Å²) in [6.07, 6.45) is 0. The summed E-state index contributed by atoms with van der Waals surface area (Å²) >= 11 is 0. The van der Waals surface area contributed by atoms with Crippen molar-refractivity contribution in [3.8, 4) is 5.75 Å². The van der Waals surface area contributed by atoms with E-state index in [0.29, 0.717) is 17.0 Å². The second-order valence-corrected chi connectivity index (χ2v) is 4.42. The van der Waals surface area contributed by atoms with Crippen LogP contribution in [0.25, 0.3) is 0 Å². The van der Waals surface area contributed by atoms with Gasteiger partial charge in [-0.2, -0.15) is 0 Å². The van der Waals surface area contributed by atoms with Gasteiger partial charge in [-0.1, -0.05) is 0 Å². The van der Waals surface area contributed by atoms with Crippen LogP contribution in [0.1, 0.15) is 17.3 Å². The fourth-order valence-corrected chi connectivity index (χ4v) is 1.67. The molecule has 0 bridgehead atoms. The molecule has 0 aliphatic heterocycles. The van der Waals surface area contributed by atoms with Crippen LogP contribution >= 0.6 is 0 Å². The first-order chi connectivity index (χ1) is 10.0. The standard InChI is InChI=1S/C16H14FNO3/c1-11(19)12-2-8-15(9-3-12)21-10-16(20)18-14-6-4-13(17)5-7-14/h2-9H,10H2,1H3,(H,18,20). The van der Waals surface area contributed by atoms with Crippen molar-refractivity contribution in [1.29, 1.82) is 0 Å². The number of ether oxygens (including phenoxy) is 1. The minimum Gasteiger partial charge on any atom is -0.484 e. The highest BCUT2D eigenvalue weighted by Crippen LogP contribution is 2.13. The molecule has 0 unspecified atom stereocenters. The topological polar surface area (TPSA) is 55.4 Å². The van der Waals surface area contributed by atoms with Gasteiger partial charge < -0.3 is 10.1 Å². The van der Waals surface area contributed by atoms with Crippen molar-refractivity contribution in [3.05, 3.63) is 59.9 Å². The molecule has 0 aliphatic carbocycles. The molecule has 1 amide bonds. The molecule has 5 heteroatoms. The molecule has 2 rings (SSSR count). The Bertz CT molecular complexity index is 636. The Hall–Kier alpha value is -2.69. The second-order valence-electron chi connectivity index (χ2n) is 4.42. The Kier molecular flexibility index (Phi) is 4.66. The average molecular weight is 287 g/mol. The summed E-state index contributed by atoms with van der Waals surface area (Å²) in [7, 11) is 0. The molecule has 4 nitrogen and oxygen atoms in total. The number of anilines is 1. The van der Waals surface area contributed by atoms with Gasteiger partial charge in [0.1, 0.15) is 11.6 Å². The zero-order chi connectivity index (χ0) is 15.2. The molecule has 0 fully saturated rings. The van der Waals surface area contributed by atoms with Crippen LogP contribution in [-0.4, -0.2) is 18.3 Å². The summed E-state index contributed by atoms with van der Waals surface area (Å²) in [4.78, 5) is 22.8. The number of halogens is 1. The lowest BCUT2D eigenvalue weighted by atomic mass is 10.1. The minimum absolute atomic E-state index is 0.0318. The first-order valence-electron chi connectivity index (χ1n) is 6.34. The molecule has 0 radical (unpaired) electrons. The number of Topliss-reactive ketones (excluding diaryl/α,β-unsaturated/α-hetero) is 1. The molecule has 0 saturated carbocycles. The van der Waals surface area contributed by atoms with E-state index in [0.717, 1.165) is 0 Å². The van der Waals surface area contributed by atoms with Gasteiger partial charge in [-0.15, -0.1) is 0 Å². The molecule has 21 heavy (non-hydrogen) atoms. The van der Waals surface area contributed by atoms with E-state index >= 15 is 0 Å². The van der Waals surface area contributed by atoms with Crippen LogP contribution in [0.5, 0.6) is 5.75 Å². The number of benzene rings is 2. The first-order valence-corrected chi connectivity index (χ1v) is 6.34. The highest BCUT2D eigenvalue weighted by Gasteiger charge is 2.05. The van der Waals surface area contributed by atoms with Gasteiger partial charge in [-0.25, -0.2) is 4.39 Å². The summed E-state index contributed by atoms with van der Waals surface area (Å²) in [5.41, 5.74) is 1.08. The van der Waals surface area contributed by atoms with Gasteiger partial charge in [0.2, 0.25) is 0 Å². The third-order valence-corrected chi connectivity index (χ3v) is 2.76. The fourth-order valence-electron chi connectivity index (χ4n) is 1.67. The van der Waals surface area contributed by atoms with Gasteiger partial charge in [-0.05, 0) is 55.5 Å². The predicted molar refractivity (Wildman–Crippen MR) is 77.0 cm³/mol. The number of rotatable bonds is 5. The largest absolute Gasteiger partial charge is 0.484 e. The number of ketones is 1. The summed E-state index contributed by atoms with van der Waals surface area (Å²) in [6, 6.07) is 12.0. The van der Waals surface area contributed by atoms with Crippen molar-refractivity contribution in [1.82, 2.24) is 0 Å². The molecule has 2 aromatic rings. The van der Waals surface area contributed by atoms with Crippen molar-refractivity contribution in [2.24, 2.45) is 0 Å². The van der Waals surface area contributed by atoms with Crippen LogP contribution in [-0.2, 0) is 4.79 Å². The van der Waals surface area contributed by atoms with Crippen molar-refractivity contribution in [3.63, 3.8) is 0 Å². The Morgan fingerprint density at radius 1 is 1.05 bits per heavy atom. The lowest BCUT2D eigenvalue weighted by molar-refractivity contribution is -0.118. The maximum absolute atomic E-state index is 12.7. The van der Waals surface area contributed by atoms with E-state index in [1.54, 1.807) is 24.3 Å². The first kappa shape index (κ1) is 14.7. The van der Waals surface area contributed by atoms with Gasteiger partial charge in [0.15, 0.2) is 12.4 Å². The normalized spacial score (nSPS) is 10.0. The molecular formula is C16H14FNO3. The third-order valence-electron chi connectivity index (χ3n) is 2.76. The van der Waals surface area contributed by atoms with Gasteiger partial charge >= 0.3 is 0 Å². The molecule has 1 N–H and O–H groups in total. The summed E-state index contributed by atoms with van der Waals surface area (Å²) in [5, 5.41) is 2.58. The monoisotopic (exact) mass is 287 g/mol. The Labute approximate surface area is 121 Å². The van der Waals surface area contributed by atoms with Crippen LogP contribution in [0.4, 0.5) is 10.1 Å². The van der Waals surface area contributed by atoms with Crippen molar-refractivity contribution < 1.29 is 18.7 Å². The molecule has 0 spiro atoms. The maximum Gasteiger partial charge on any atom is 0.262 e. The van der Waals surface area contributed by atoms with E-state index in [-0.39, 0.29) is 24.1 Å². The molecule has 0 aromatic heterocycles. The van der Waals surface area contributed by atoms with Crippen molar-refractivity contribution in [2.75, 3.05) is 11.9 Å². The highest BCUT2D eigenvalue weighted by molar-refractivity contribution is 5.94. The number of carbonyl (C=O) groups is 2. The van der Waals surface area contributed by atoms with Crippen molar-refractivity contribution in [2.45, 2.75) is 6.92 Å². The zero-order valence-electron chi connectivity index (χ0n) is 11.4. The van der Waals surface area contributed by atoms with Crippen LogP contribution in [0.15, 0.2) is 48.5 Å². The lowest BCUT2D eigenvalue weighted by Crippen LogP contribution is -2.20. The Morgan fingerprint density at radius 3 is 2.24 bits per heavy atom. The van der Waals surface area contributed by atoms with E-state index in [1.807, 2.05) is 0 Å². The van der Waals surface area contributed by atoms with Gasteiger partial charge in [0.05, 0.1) is 0 Å². The molecule has 0 heterocycles. The van der Waals surface area contributed by atoms with E-state index in [2.05, 4.69) is 5.32 Å². The quantitative estimate of drug-likeness (QED) is 0.860. The van der Waals surface area contributed by atoms with Crippen LogP contribution < -0.4 is 10.1 Å². The molecular weight excluding hydrogens is 273 g/mol. The Morgan fingerprint density at radius 2 is 1.67 bits per heavy atom. The minimum atomic E-state index is -0.366. The lowest BCUT2D eigenvalue weighted by Gasteiger charge is -2.07. The fraction of sp³-hybridized carbons (Fsp3) is 0.125. The predicted octanol–water partition coefficient (Wildman–Crippen LogP) is 3.05. The SMILES string of the molecule is CC(=O)c1ccc(OCC(=O)Nc2ccc(F)cc2)cc1. The second kappa shape index (κ2) is 6.65. The molecule has 2 aromatic carbocycles. The van der Waals surface area contributed by atoms with E-state index in [4.69, 9.17) is 4.74 Å². The van der Waals surface area contributed by atoms with Crippen LogP contribution in [0.3, 0.4) is 0 Å². The number of hydrogen-bond donors (Lipinski definition) is 1. The number of nitrogens with one attached hydrogen (secondary N) is 1. The van der Waals surface area contributed by atoms with E-state index < -0.39 is 0 Å². The van der Waals surface area contributed by atoms with E-state index in [9.17, 15) is 14.0 Å². The van der Waals surface area contributed by atoms with Gasteiger partial charge in [0.25, 0.3) is 5.91 Å². The summed E-state index contributed by atoms with van der Waals surface area (Å²) in [6.45, 7) is 1.31. The average Bonchev–Trinajstić information content (AvgIpc) is 2.48. The van der Waals surface area contributed by atoms with Crippen LogP contribution in [0.2, 0.25) is 0 Å². The molecule has 108 valence electrons. The van der Waals surface area contributed by atoms with Crippen molar-refractivity contribution >= 4 is 17.4 Å². The van der Waals surface area contributed by atoms with Crippen LogP contribution in [0, 0.1) is 5.82 Å². The number of amides is 1. The number of hydrogen-bond acceptors (Lipinski definition) is 3. The van der Waals surface area contributed by atoms with Gasteiger partial charge in [-0.3, -0.25) is 9.59 Å². The van der Waals surface area contributed by atoms with Gasteiger partial charge in [0, 0.05) is 11.3 Å².